The number of carboxylic acid groups (broad SMARTS) is 1. The smallest absolute Gasteiger partial charge is 0.326 e. The van der Waals surface area contributed by atoms with Gasteiger partial charge in [-0.05, 0) is 89.4 Å². The molecule has 0 saturated carbocycles. The molecule has 0 fully saturated rings. The van der Waals surface area contributed by atoms with Crippen molar-refractivity contribution >= 4 is 35.6 Å². The van der Waals surface area contributed by atoms with Crippen LogP contribution in [0.2, 0.25) is 0 Å². The molecule has 0 heterocycles. The Bertz CT molecular complexity index is 1050. The van der Waals surface area contributed by atoms with Gasteiger partial charge in [0.25, 0.3) is 0 Å². The van der Waals surface area contributed by atoms with E-state index in [9.17, 15) is 29.1 Å². The number of amides is 4. The number of nitrogens with zero attached hydrogens (tertiary/aromatic N) is 4. The molecule has 16 N–H and O–H groups in total. The van der Waals surface area contributed by atoms with Crippen molar-refractivity contribution in [2.45, 2.75) is 108 Å². The molecule has 20 nitrogen and oxygen atoms in total. The van der Waals surface area contributed by atoms with E-state index in [-0.39, 0.29) is 38.2 Å². The van der Waals surface area contributed by atoms with Crippen molar-refractivity contribution in [3.05, 3.63) is 10.4 Å². The van der Waals surface area contributed by atoms with E-state index in [1.54, 1.807) is 0 Å². The first kappa shape index (κ1) is 42.6. The highest BCUT2D eigenvalue weighted by Gasteiger charge is 2.30. The fourth-order valence-electron chi connectivity index (χ4n) is 4.29. The van der Waals surface area contributed by atoms with E-state index in [1.807, 2.05) is 0 Å². The van der Waals surface area contributed by atoms with Gasteiger partial charge in [-0.15, -0.1) is 5.53 Å². The second kappa shape index (κ2) is 25.8. The SMILES string of the molecule is C[C@H](NC(=O)[C@@H](N)CCCCN)C(=O)N[C@@H](CCCN=C(N)N)C(=O)N[C@@H](CCCCNN=[N+]=[N-])C(=O)N[C@@H](CCCCN)C(=O)O. The summed E-state index contributed by atoms with van der Waals surface area (Å²) in [5, 5.41) is 23.1. The number of unbranched alkanes of at least 4 members (excludes halogenated alkanes) is 3. The minimum Gasteiger partial charge on any atom is -0.480 e. The van der Waals surface area contributed by atoms with Crippen LogP contribution in [0.3, 0.4) is 0 Å². The molecule has 0 bridgehead atoms. The van der Waals surface area contributed by atoms with E-state index in [2.05, 4.69) is 41.8 Å². The van der Waals surface area contributed by atoms with Gasteiger partial charge in [-0.25, -0.2) is 4.79 Å². The van der Waals surface area contributed by atoms with E-state index in [0.717, 1.165) is 0 Å². The van der Waals surface area contributed by atoms with Crippen molar-refractivity contribution in [1.82, 2.24) is 26.7 Å². The summed E-state index contributed by atoms with van der Waals surface area (Å²) in [5.41, 5.74) is 38.6. The maximum atomic E-state index is 13.5. The van der Waals surface area contributed by atoms with Gasteiger partial charge in [0.2, 0.25) is 23.6 Å². The van der Waals surface area contributed by atoms with Gasteiger partial charge in [0.15, 0.2) is 5.96 Å². The van der Waals surface area contributed by atoms with Gasteiger partial charge < -0.3 is 55.0 Å². The molecule has 4 amide bonds. The van der Waals surface area contributed by atoms with Gasteiger partial charge in [0.1, 0.15) is 24.2 Å². The normalized spacial score (nSPS) is 13.8. The summed E-state index contributed by atoms with van der Waals surface area (Å²) >= 11 is 0. The lowest BCUT2D eigenvalue weighted by molar-refractivity contribution is -0.142. The zero-order chi connectivity index (χ0) is 35.6. The zero-order valence-corrected chi connectivity index (χ0v) is 27.2. The molecule has 0 rings (SSSR count). The Morgan fingerprint density at radius 3 is 1.79 bits per heavy atom. The fraction of sp³-hybridized carbons (Fsp3) is 0.778. The number of carbonyl (C=O) groups is 5. The maximum absolute atomic E-state index is 13.5. The predicted molar refractivity (Wildman–Crippen MR) is 176 cm³/mol. The molecular weight excluding hydrogens is 616 g/mol. The molecule has 0 saturated heterocycles. The molecule has 0 spiro atoms. The Hall–Kier alpha value is -4.39. The van der Waals surface area contributed by atoms with Crippen molar-refractivity contribution < 1.29 is 29.1 Å². The lowest BCUT2D eigenvalue weighted by Gasteiger charge is -2.25. The number of carboxylic acids is 1. The summed E-state index contributed by atoms with van der Waals surface area (Å²) in [5.74, 6) is -4.05. The van der Waals surface area contributed by atoms with Gasteiger partial charge in [-0.2, -0.15) is 4.91 Å². The van der Waals surface area contributed by atoms with Crippen LogP contribution in [0.1, 0.15) is 77.6 Å². The van der Waals surface area contributed by atoms with E-state index >= 15 is 0 Å². The van der Waals surface area contributed by atoms with Crippen LogP contribution in [0, 0.1) is 0 Å². The van der Waals surface area contributed by atoms with Crippen molar-refractivity contribution in [3.63, 3.8) is 0 Å². The Balaban J connectivity index is 5.80. The minimum absolute atomic E-state index is 0.0644. The number of hydrogen-bond acceptors (Lipinski definition) is 10. The molecule has 0 aromatic carbocycles. The average molecular weight is 671 g/mol. The summed E-state index contributed by atoms with van der Waals surface area (Å²) < 4.78 is 0. The highest BCUT2D eigenvalue weighted by Crippen LogP contribution is 2.08. The summed E-state index contributed by atoms with van der Waals surface area (Å²) in [6.45, 7) is 2.71. The third-order valence-corrected chi connectivity index (χ3v) is 6.98. The van der Waals surface area contributed by atoms with Crippen LogP contribution in [0.5, 0.6) is 0 Å². The minimum atomic E-state index is -1.24. The van der Waals surface area contributed by atoms with Gasteiger partial charge in [0.05, 0.1) is 12.6 Å². The van der Waals surface area contributed by atoms with Crippen LogP contribution >= 0.6 is 0 Å². The molecule has 0 unspecified atom stereocenters. The second-order valence-corrected chi connectivity index (χ2v) is 11.0. The highest BCUT2D eigenvalue weighted by atomic mass is 16.4. The summed E-state index contributed by atoms with van der Waals surface area (Å²) in [7, 11) is 0. The molecule has 268 valence electrons. The first-order valence-corrected chi connectivity index (χ1v) is 15.8. The number of hydrogen-bond donors (Lipinski definition) is 11. The zero-order valence-electron chi connectivity index (χ0n) is 27.2. The Kier molecular flexibility index (Phi) is 23.4. The number of nitrogens with one attached hydrogen (secondary N) is 5. The fourth-order valence-corrected chi connectivity index (χ4v) is 4.29. The maximum Gasteiger partial charge on any atom is 0.326 e. The second-order valence-electron chi connectivity index (χ2n) is 11.0. The molecule has 0 aliphatic carbocycles. The first-order valence-electron chi connectivity index (χ1n) is 15.8. The molecule has 0 radical (unpaired) electrons. The molecule has 5 atom stereocenters. The molecule has 20 heteroatoms. The molecular formula is C27H54N14O6. The molecule has 0 aliphatic rings. The van der Waals surface area contributed by atoms with Crippen LogP contribution in [0.15, 0.2) is 10.2 Å². The van der Waals surface area contributed by atoms with Gasteiger partial charge in [-0.1, -0.05) is 6.42 Å². The first-order chi connectivity index (χ1) is 22.4. The topological polar surface area (TPSA) is 357 Å². The Morgan fingerprint density at radius 2 is 1.23 bits per heavy atom. The monoisotopic (exact) mass is 670 g/mol. The van der Waals surface area contributed by atoms with Gasteiger partial charge >= 0.3 is 5.97 Å². The summed E-state index contributed by atoms with van der Waals surface area (Å²) in [4.78, 5) is 70.6. The van der Waals surface area contributed by atoms with Gasteiger partial charge in [-0.3, -0.25) is 29.6 Å². The summed E-state index contributed by atoms with van der Waals surface area (Å²) in [6.07, 6.45) is 4.18. The number of guanidine groups is 1. The largest absolute Gasteiger partial charge is 0.480 e. The predicted octanol–water partition coefficient (Wildman–Crippen LogP) is -2.35. The van der Waals surface area contributed by atoms with Crippen LogP contribution in [0.4, 0.5) is 0 Å². The number of aliphatic imine (C=N–C) groups is 1. The molecule has 0 aliphatic heterocycles. The Labute approximate surface area is 274 Å². The average Bonchev–Trinajstić information content (AvgIpc) is 3.02. The van der Waals surface area contributed by atoms with Crippen LogP contribution in [-0.4, -0.2) is 97.1 Å². The molecule has 0 aromatic heterocycles. The number of azide groups is 1. The number of nitrogens with two attached hydrogens (primary N) is 5. The van der Waals surface area contributed by atoms with E-state index in [1.165, 1.54) is 6.92 Å². The molecule has 47 heavy (non-hydrogen) atoms. The van der Waals surface area contributed by atoms with Crippen molar-refractivity contribution in [1.29, 1.82) is 0 Å². The Morgan fingerprint density at radius 1 is 0.723 bits per heavy atom. The number of rotatable bonds is 27. The number of carbonyl (C=O) groups excluding carboxylic acids is 4. The van der Waals surface area contributed by atoms with Crippen molar-refractivity contribution in [3.8, 4) is 0 Å². The van der Waals surface area contributed by atoms with Crippen molar-refractivity contribution in [2.75, 3.05) is 26.2 Å². The highest BCUT2D eigenvalue weighted by molar-refractivity contribution is 5.95. The molecule has 0 aromatic rings. The van der Waals surface area contributed by atoms with Crippen molar-refractivity contribution in [2.24, 2.45) is 38.9 Å². The quantitative estimate of drug-likeness (QED) is 0.00832. The third-order valence-electron chi connectivity index (χ3n) is 6.98. The standard InChI is InChI=1S/C27H54N14O6/c1-17(36-23(43)18(30)9-2-5-13-28)22(42)37-20(12-8-15-34-27(31)32)24(44)38-19(10-4-7-16-35-41-40-33)25(45)39-21(26(46)47)11-3-6-14-29/h17-21,35H,2-16,28-30H2,1H3,(H,36,43)(H,37,42)(H,38,44)(H,39,45)(H,46,47)(H4,31,32,34)/t17-,18-,19-,20-,21-/m0/s1. The van der Waals surface area contributed by atoms with E-state index in [0.29, 0.717) is 64.6 Å². The number of aliphatic carboxylic acids is 1. The van der Waals surface area contributed by atoms with E-state index < -0.39 is 59.8 Å². The lowest BCUT2D eigenvalue weighted by Crippen LogP contribution is -2.58. The van der Waals surface area contributed by atoms with Gasteiger partial charge in [0, 0.05) is 6.54 Å². The lowest BCUT2D eigenvalue weighted by atomic mass is 10.0. The van der Waals surface area contributed by atoms with Crippen LogP contribution in [0.25, 0.3) is 10.4 Å². The summed E-state index contributed by atoms with van der Waals surface area (Å²) in [6, 6.07) is -5.44. The third kappa shape index (κ3) is 20.4. The van der Waals surface area contributed by atoms with E-state index in [4.69, 9.17) is 34.2 Å². The van der Waals surface area contributed by atoms with Crippen LogP contribution in [-0.2, 0) is 24.0 Å². The van der Waals surface area contributed by atoms with Crippen LogP contribution < -0.4 is 55.4 Å².